The normalized spacial score (nSPS) is 16.9. The number of nitrogens with zero attached hydrogens (tertiary/aromatic N) is 6. The predicted molar refractivity (Wildman–Crippen MR) is 140 cm³/mol. The smallest absolute Gasteiger partial charge is 0.243 e. The number of piperazine rings is 1. The largest absolute Gasteiger partial charge is 0.351 e. The van der Waals surface area contributed by atoms with E-state index in [1.54, 1.807) is 10.4 Å². The zero-order valence-electron chi connectivity index (χ0n) is 20.7. The number of fused-ring (bicyclic) bond motifs is 2. The number of hydrogen-bond acceptors (Lipinski definition) is 6. The molecule has 9 heteroatoms. The number of anilines is 1. The number of para-hydroxylation sites is 2. The molecule has 0 N–H and O–H groups in total. The Labute approximate surface area is 211 Å². The van der Waals surface area contributed by atoms with Gasteiger partial charge in [0, 0.05) is 31.9 Å². The summed E-state index contributed by atoms with van der Waals surface area (Å²) in [4.78, 5) is 12.4. The Morgan fingerprint density at radius 3 is 2.11 bits per heavy atom. The van der Waals surface area contributed by atoms with Crippen molar-refractivity contribution in [1.29, 1.82) is 0 Å². The molecule has 8 nitrogen and oxygen atoms in total. The number of sulfonamides is 1. The van der Waals surface area contributed by atoms with Crippen LogP contribution < -0.4 is 4.90 Å². The van der Waals surface area contributed by atoms with Crippen LogP contribution in [0.3, 0.4) is 0 Å². The van der Waals surface area contributed by atoms with Gasteiger partial charge >= 0.3 is 0 Å². The van der Waals surface area contributed by atoms with Gasteiger partial charge in [-0.25, -0.2) is 23.1 Å². The summed E-state index contributed by atoms with van der Waals surface area (Å²) in [5, 5.41) is 4.65. The van der Waals surface area contributed by atoms with E-state index in [0.29, 0.717) is 36.9 Å². The van der Waals surface area contributed by atoms with Crippen LogP contribution in [0.15, 0.2) is 53.4 Å². The zero-order chi connectivity index (χ0) is 24.9. The maximum absolute atomic E-state index is 13.5. The molecule has 0 amide bonds. The minimum absolute atomic E-state index is 0.393. The lowest BCUT2D eigenvalue weighted by atomic mass is 9.92. The van der Waals surface area contributed by atoms with Gasteiger partial charge < -0.3 is 4.90 Å². The number of aryl methyl sites for hydroxylation is 4. The molecule has 1 fully saturated rings. The van der Waals surface area contributed by atoms with E-state index < -0.39 is 10.0 Å². The number of aromatic nitrogens is 4. The first-order valence-electron chi connectivity index (χ1n) is 12.6. The molecule has 186 valence electrons. The topological polar surface area (TPSA) is 84.2 Å². The fourth-order valence-corrected chi connectivity index (χ4v) is 6.81. The summed E-state index contributed by atoms with van der Waals surface area (Å²) in [6.07, 6.45) is 4.30. The van der Waals surface area contributed by atoms with Crippen molar-refractivity contribution in [3.05, 3.63) is 71.0 Å². The molecule has 0 spiro atoms. The van der Waals surface area contributed by atoms with Crippen LogP contribution in [0.1, 0.15) is 35.4 Å². The van der Waals surface area contributed by atoms with Crippen molar-refractivity contribution in [2.45, 2.75) is 44.4 Å². The Morgan fingerprint density at radius 1 is 0.778 bits per heavy atom. The minimum atomic E-state index is -3.55. The van der Waals surface area contributed by atoms with E-state index >= 15 is 0 Å². The van der Waals surface area contributed by atoms with Gasteiger partial charge in [-0.3, -0.25) is 0 Å². The molecule has 4 aromatic rings. The van der Waals surface area contributed by atoms with Crippen LogP contribution in [0, 0.1) is 13.8 Å². The molecule has 36 heavy (non-hydrogen) atoms. The van der Waals surface area contributed by atoms with Gasteiger partial charge in [0.15, 0.2) is 11.6 Å². The highest BCUT2D eigenvalue weighted by Gasteiger charge is 2.31. The molecule has 0 radical (unpaired) electrons. The molecular formula is C27H30N6O2S. The van der Waals surface area contributed by atoms with Crippen molar-refractivity contribution >= 4 is 26.9 Å². The summed E-state index contributed by atoms with van der Waals surface area (Å²) in [6, 6.07) is 15.5. The second-order valence-corrected chi connectivity index (χ2v) is 11.7. The first kappa shape index (κ1) is 23.1. The summed E-state index contributed by atoms with van der Waals surface area (Å²) in [5.41, 5.74) is 5.97. The second kappa shape index (κ2) is 8.97. The van der Waals surface area contributed by atoms with E-state index in [1.165, 1.54) is 17.5 Å². The molecule has 0 saturated carbocycles. The van der Waals surface area contributed by atoms with Crippen LogP contribution in [0.2, 0.25) is 0 Å². The molecule has 3 heterocycles. The SMILES string of the molecule is Cc1cc(C)n(-c2nc3ccccc3nc2N2CCN(S(=O)(=O)c3ccc4c(c3)CCCC4)CC2)n1. The molecular weight excluding hydrogens is 472 g/mol. The summed E-state index contributed by atoms with van der Waals surface area (Å²) in [6.45, 7) is 5.81. The second-order valence-electron chi connectivity index (χ2n) is 9.73. The molecule has 1 saturated heterocycles. The van der Waals surface area contributed by atoms with Gasteiger partial charge in [-0.1, -0.05) is 18.2 Å². The van der Waals surface area contributed by atoms with E-state index in [2.05, 4.69) is 10.00 Å². The Kier molecular flexibility index (Phi) is 5.76. The lowest BCUT2D eigenvalue weighted by molar-refractivity contribution is 0.383. The molecule has 2 aromatic carbocycles. The number of benzene rings is 2. The molecule has 6 rings (SSSR count). The van der Waals surface area contributed by atoms with E-state index in [1.807, 2.05) is 61.0 Å². The van der Waals surface area contributed by atoms with Crippen molar-refractivity contribution in [2.24, 2.45) is 0 Å². The summed E-state index contributed by atoms with van der Waals surface area (Å²) < 4.78 is 30.4. The predicted octanol–water partition coefficient (Wildman–Crippen LogP) is 3.82. The van der Waals surface area contributed by atoms with Crippen molar-refractivity contribution in [3.63, 3.8) is 0 Å². The third-order valence-electron chi connectivity index (χ3n) is 7.24. The van der Waals surface area contributed by atoms with Crippen LogP contribution in [-0.4, -0.2) is 58.7 Å². The fraction of sp³-hybridized carbons (Fsp3) is 0.370. The molecule has 1 aliphatic carbocycles. The van der Waals surface area contributed by atoms with Gasteiger partial charge in [0.2, 0.25) is 10.0 Å². The Morgan fingerprint density at radius 2 is 1.44 bits per heavy atom. The van der Waals surface area contributed by atoms with Gasteiger partial charge in [-0.05, 0) is 81.0 Å². The van der Waals surface area contributed by atoms with Crippen molar-refractivity contribution in [3.8, 4) is 5.82 Å². The van der Waals surface area contributed by atoms with Crippen molar-refractivity contribution in [1.82, 2.24) is 24.1 Å². The summed E-state index contributed by atoms with van der Waals surface area (Å²) in [5.74, 6) is 1.40. The Hall–Kier alpha value is -3.30. The number of hydrogen-bond donors (Lipinski definition) is 0. The Balaban J connectivity index is 1.30. The summed E-state index contributed by atoms with van der Waals surface area (Å²) >= 11 is 0. The van der Waals surface area contributed by atoms with Crippen molar-refractivity contribution < 1.29 is 8.42 Å². The molecule has 0 bridgehead atoms. The third kappa shape index (κ3) is 4.06. The molecule has 1 aliphatic heterocycles. The zero-order valence-corrected chi connectivity index (χ0v) is 21.5. The maximum atomic E-state index is 13.5. The fourth-order valence-electron chi connectivity index (χ4n) is 5.34. The quantitative estimate of drug-likeness (QED) is 0.422. The Bertz CT molecular complexity index is 1550. The average Bonchev–Trinajstić information content (AvgIpc) is 3.25. The van der Waals surface area contributed by atoms with Gasteiger partial charge in [0.1, 0.15) is 0 Å². The average molecular weight is 503 g/mol. The van der Waals surface area contributed by atoms with E-state index in [0.717, 1.165) is 47.5 Å². The molecule has 0 unspecified atom stereocenters. The van der Waals surface area contributed by atoms with Crippen LogP contribution in [0.25, 0.3) is 16.9 Å². The standard InChI is InChI=1S/C27H30N6O2S/c1-19-17-20(2)33(30-19)27-26(28-24-9-5-6-10-25(24)29-27)31-13-15-32(16-14-31)36(34,35)23-12-11-21-7-3-4-8-22(21)18-23/h5-6,9-12,17-18H,3-4,7-8,13-16H2,1-2H3. The maximum Gasteiger partial charge on any atom is 0.243 e. The highest BCUT2D eigenvalue weighted by Crippen LogP contribution is 2.29. The minimum Gasteiger partial charge on any atom is -0.351 e. The van der Waals surface area contributed by atoms with Gasteiger partial charge in [-0.15, -0.1) is 0 Å². The molecule has 2 aliphatic rings. The van der Waals surface area contributed by atoms with Crippen LogP contribution >= 0.6 is 0 Å². The van der Waals surface area contributed by atoms with Crippen LogP contribution in [-0.2, 0) is 22.9 Å². The third-order valence-corrected chi connectivity index (χ3v) is 9.14. The van der Waals surface area contributed by atoms with Gasteiger partial charge in [0.05, 0.1) is 21.6 Å². The first-order chi connectivity index (χ1) is 17.4. The van der Waals surface area contributed by atoms with E-state index in [9.17, 15) is 8.42 Å². The lowest BCUT2D eigenvalue weighted by Gasteiger charge is -2.35. The van der Waals surface area contributed by atoms with Crippen LogP contribution in [0.4, 0.5) is 5.82 Å². The summed E-state index contributed by atoms with van der Waals surface area (Å²) in [7, 11) is -3.55. The number of rotatable bonds is 4. The molecule has 0 atom stereocenters. The van der Waals surface area contributed by atoms with Crippen LogP contribution in [0.5, 0.6) is 0 Å². The van der Waals surface area contributed by atoms with E-state index in [-0.39, 0.29) is 0 Å². The van der Waals surface area contributed by atoms with Gasteiger partial charge in [-0.2, -0.15) is 9.40 Å². The highest BCUT2D eigenvalue weighted by atomic mass is 32.2. The lowest BCUT2D eigenvalue weighted by Crippen LogP contribution is -2.49. The highest BCUT2D eigenvalue weighted by molar-refractivity contribution is 7.89. The van der Waals surface area contributed by atoms with Crippen molar-refractivity contribution in [2.75, 3.05) is 31.1 Å². The first-order valence-corrected chi connectivity index (χ1v) is 14.0. The molecule has 2 aromatic heterocycles. The van der Waals surface area contributed by atoms with E-state index in [4.69, 9.17) is 9.97 Å². The van der Waals surface area contributed by atoms with Gasteiger partial charge in [0.25, 0.3) is 0 Å². The monoisotopic (exact) mass is 502 g/mol.